The minimum Gasteiger partial charge on any atom is -0.475 e. The first-order valence-corrected chi connectivity index (χ1v) is 7.60. The lowest BCUT2D eigenvalue weighted by atomic mass is 10.2. The summed E-state index contributed by atoms with van der Waals surface area (Å²) in [4.78, 5) is 10.8. The number of aromatic carboxylic acids is 1. The first kappa shape index (κ1) is 14.8. The lowest BCUT2D eigenvalue weighted by molar-refractivity contribution is 0.0659. The summed E-state index contributed by atoms with van der Waals surface area (Å²) in [6, 6.07) is 1.47. The molecule has 6 heteroatoms. The van der Waals surface area contributed by atoms with Gasteiger partial charge in [0.05, 0.1) is 5.75 Å². The number of aryl methyl sites for hydroxylation is 1. The molecular formula is C12H18O5S. The van der Waals surface area contributed by atoms with Gasteiger partial charge >= 0.3 is 5.97 Å². The van der Waals surface area contributed by atoms with Crippen LogP contribution in [0, 0.1) is 12.8 Å². The van der Waals surface area contributed by atoms with Crippen molar-refractivity contribution in [2.45, 2.75) is 32.9 Å². The smallest absolute Gasteiger partial charge is 0.372 e. The third-order valence-corrected chi connectivity index (χ3v) is 4.56. The van der Waals surface area contributed by atoms with E-state index in [4.69, 9.17) is 9.52 Å². The Kier molecular flexibility index (Phi) is 4.56. The van der Waals surface area contributed by atoms with Gasteiger partial charge in [0.2, 0.25) is 5.76 Å². The van der Waals surface area contributed by atoms with Crippen LogP contribution in [0.3, 0.4) is 0 Å². The van der Waals surface area contributed by atoms with Gasteiger partial charge in [-0.1, -0.05) is 20.3 Å². The Bertz CT molecular complexity index is 527. The molecule has 1 atom stereocenters. The van der Waals surface area contributed by atoms with E-state index in [1.54, 1.807) is 6.92 Å². The van der Waals surface area contributed by atoms with Crippen LogP contribution in [-0.2, 0) is 15.6 Å². The van der Waals surface area contributed by atoms with Crippen LogP contribution in [0.5, 0.6) is 0 Å². The van der Waals surface area contributed by atoms with Gasteiger partial charge in [0.25, 0.3) is 0 Å². The zero-order chi connectivity index (χ0) is 13.9. The molecule has 0 aliphatic heterocycles. The second-order valence-corrected chi connectivity index (χ2v) is 6.71. The van der Waals surface area contributed by atoms with E-state index in [1.807, 2.05) is 13.8 Å². The highest BCUT2D eigenvalue weighted by molar-refractivity contribution is 7.90. The van der Waals surface area contributed by atoms with Crippen molar-refractivity contribution < 1.29 is 22.7 Å². The summed E-state index contributed by atoms with van der Waals surface area (Å²) in [5, 5.41) is 8.82. The fourth-order valence-corrected chi connectivity index (χ4v) is 3.45. The van der Waals surface area contributed by atoms with E-state index < -0.39 is 15.8 Å². The van der Waals surface area contributed by atoms with Crippen molar-refractivity contribution >= 4 is 15.8 Å². The van der Waals surface area contributed by atoms with E-state index in [-0.39, 0.29) is 28.9 Å². The molecule has 0 saturated heterocycles. The third kappa shape index (κ3) is 3.87. The lowest BCUT2D eigenvalue weighted by Crippen LogP contribution is -2.15. The predicted octanol–water partition coefficient (Wildman–Crippen LogP) is 2.25. The maximum atomic E-state index is 11.9. The van der Waals surface area contributed by atoms with E-state index in [9.17, 15) is 13.2 Å². The average Bonchev–Trinajstić information content (AvgIpc) is 2.57. The number of hydrogen-bond acceptors (Lipinski definition) is 4. The van der Waals surface area contributed by atoms with Crippen molar-refractivity contribution in [1.29, 1.82) is 0 Å². The molecule has 0 saturated carbocycles. The summed E-state index contributed by atoms with van der Waals surface area (Å²) in [5.41, 5.74) is 0.441. The van der Waals surface area contributed by atoms with Gasteiger partial charge in [0.15, 0.2) is 9.84 Å². The summed E-state index contributed by atoms with van der Waals surface area (Å²) in [5.74, 6) is -1.25. The van der Waals surface area contributed by atoms with Crippen LogP contribution < -0.4 is 0 Å². The molecule has 0 aliphatic rings. The molecular weight excluding hydrogens is 256 g/mol. The Hall–Kier alpha value is -1.30. The Morgan fingerprint density at radius 1 is 1.50 bits per heavy atom. The van der Waals surface area contributed by atoms with Crippen molar-refractivity contribution in [3.8, 4) is 0 Å². The number of carboxylic acids is 1. The summed E-state index contributed by atoms with van der Waals surface area (Å²) in [7, 11) is -3.26. The molecule has 0 amide bonds. The molecule has 1 N–H and O–H groups in total. The summed E-state index contributed by atoms with van der Waals surface area (Å²) in [6.07, 6.45) is 0.788. The van der Waals surface area contributed by atoms with Crippen LogP contribution in [0.15, 0.2) is 10.5 Å². The van der Waals surface area contributed by atoms with Gasteiger partial charge in [-0.05, 0) is 18.9 Å². The van der Waals surface area contributed by atoms with Gasteiger partial charge in [0.1, 0.15) is 11.5 Å². The maximum absolute atomic E-state index is 11.9. The van der Waals surface area contributed by atoms with E-state index >= 15 is 0 Å². The summed E-state index contributed by atoms with van der Waals surface area (Å²) < 4.78 is 28.8. The molecule has 5 nitrogen and oxygen atoms in total. The zero-order valence-electron chi connectivity index (χ0n) is 10.8. The van der Waals surface area contributed by atoms with Crippen LogP contribution in [0.4, 0.5) is 0 Å². The van der Waals surface area contributed by atoms with Crippen LogP contribution in [0.25, 0.3) is 0 Å². The molecule has 0 spiro atoms. The first-order chi connectivity index (χ1) is 8.25. The minimum atomic E-state index is -3.26. The van der Waals surface area contributed by atoms with Crippen molar-refractivity contribution in [1.82, 2.24) is 0 Å². The Morgan fingerprint density at radius 2 is 2.11 bits per heavy atom. The van der Waals surface area contributed by atoms with Gasteiger partial charge in [-0.2, -0.15) is 0 Å². The molecule has 0 radical (unpaired) electrons. The van der Waals surface area contributed by atoms with Crippen molar-refractivity contribution in [3.63, 3.8) is 0 Å². The number of hydrogen-bond donors (Lipinski definition) is 1. The second-order valence-electron chi connectivity index (χ2n) is 4.60. The number of carbonyl (C=O) groups is 1. The van der Waals surface area contributed by atoms with Gasteiger partial charge in [0, 0.05) is 5.56 Å². The van der Waals surface area contributed by atoms with E-state index in [2.05, 4.69) is 0 Å². The normalized spacial score (nSPS) is 13.5. The second kappa shape index (κ2) is 5.56. The topological polar surface area (TPSA) is 84.6 Å². The fourth-order valence-electron chi connectivity index (χ4n) is 1.66. The molecule has 1 aromatic rings. The number of sulfone groups is 1. The quantitative estimate of drug-likeness (QED) is 0.860. The molecule has 1 aromatic heterocycles. The highest BCUT2D eigenvalue weighted by Crippen LogP contribution is 2.18. The maximum Gasteiger partial charge on any atom is 0.372 e. The van der Waals surface area contributed by atoms with E-state index in [1.165, 1.54) is 6.07 Å². The zero-order valence-corrected chi connectivity index (χ0v) is 11.6. The van der Waals surface area contributed by atoms with Crippen LogP contribution in [0.2, 0.25) is 0 Å². The Labute approximate surface area is 107 Å². The Balaban J connectivity index is 2.85. The molecule has 102 valence electrons. The molecule has 1 unspecified atom stereocenters. The number of furan rings is 1. The first-order valence-electron chi connectivity index (χ1n) is 5.78. The number of rotatable bonds is 6. The van der Waals surface area contributed by atoms with Crippen LogP contribution in [0.1, 0.15) is 42.1 Å². The van der Waals surface area contributed by atoms with E-state index in [0.717, 1.165) is 6.42 Å². The third-order valence-electron chi connectivity index (χ3n) is 2.76. The highest BCUT2D eigenvalue weighted by Gasteiger charge is 2.20. The molecule has 0 aliphatic carbocycles. The molecule has 0 bridgehead atoms. The summed E-state index contributed by atoms with van der Waals surface area (Å²) in [6.45, 7) is 5.38. The fraction of sp³-hybridized carbons (Fsp3) is 0.583. The largest absolute Gasteiger partial charge is 0.475 e. The molecule has 1 heterocycles. The standard InChI is InChI=1S/C12H18O5S/c1-4-8(2)6-18(15,16)7-10-5-9(3)11(17-10)12(13)14/h5,8H,4,6-7H2,1-3H3,(H,13,14). The molecule has 1 rings (SSSR count). The summed E-state index contributed by atoms with van der Waals surface area (Å²) >= 11 is 0. The highest BCUT2D eigenvalue weighted by atomic mass is 32.2. The van der Waals surface area contributed by atoms with Gasteiger partial charge < -0.3 is 9.52 Å². The molecule has 0 aromatic carbocycles. The number of carboxylic acid groups (broad SMARTS) is 1. The van der Waals surface area contributed by atoms with Crippen LogP contribution >= 0.6 is 0 Å². The van der Waals surface area contributed by atoms with Crippen molar-refractivity contribution in [2.75, 3.05) is 5.75 Å². The van der Waals surface area contributed by atoms with Crippen molar-refractivity contribution in [2.24, 2.45) is 5.92 Å². The van der Waals surface area contributed by atoms with Gasteiger partial charge in [-0.15, -0.1) is 0 Å². The van der Waals surface area contributed by atoms with Crippen molar-refractivity contribution in [3.05, 3.63) is 23.2 Å². The molecule has 18 heavy (non-hydrogen) atoms. The van der Waals surface area contributed by atoms with Gasteiger partial charge in [-0.3, -0.25) is 0 Å². The monoisotopic (exact) mass is 274 g/mol. The average molecular weight is 274 g/mol. The van der Waals surface area contributed by atoms with Crippen LogP contribution in [-0.4, -0.2) is 25.2 Å². The minimum absolute atomic E-state index is 0.0880. The van der Waals surface area contributed by atoms with E-state index in [0.29, 0.717) is 5.56 Å². The lowest BCUT2D eigenvalue weighted by Gasteiger charge is -2.07. The Morgan fingerprint density at radius 3 is 2.56 bits per heavy atom. The SMILES string of the molecule is CCC(C)CS(=O)(=O)Cc1cc(C)c(C(=O)O)o1. The van der Waals surface area contributed by atoms with Gasteiger partial charge in [-0.25, -0.2) is 13.2 Å². The molecule has 0 fully saturated rings. The predicted molar refractivity (Wildman–Crippen MR) is 67.4 cm³/mol.